The van der Waals surface area contributed by atoms with Crippen molar-refractivity contribution in [3.05, 3.63) is 24.2 Å². The number of nitrogens with zero attached hydrogens (tertiary/aromatic N) is 4. The Labute approximate surface area is 178 Å². The van der Waals surface area contributed by atoms with Gasteiger partial charge in [0.1, 0.15) is 36.2 Å². The van der Waals surface area contributed by atoms with Crippen LogP contribution in [-0.2, 0) is 23.7 Å². The molecule has 0 bridgehead atoms. The van der Waals surface area contributed by atoms with Crippen molar-refractivity contribution in [2.24, 2.45) is 5.41 Å². The van der Waals surface area contributed by atoms with Crippen LogP contribution in [0.25, 0.3) is 5.52 Å². The van der Waals surface area contributed by atoms with Crippen LogP contribution >= 0.6 is 0 Å². The van der Waals surface area contributed by atoms with Crippen molar-refractivity contribution in [2.75, 3.05) is 12.8 Å². The predicted octanol–water partition coefficient (Wildman–Crippen LogP) is 1.70. The summed E-state index contributed by atoms with van der Waals surface area (Å²) in [6.45, 7) is 6.05. The zero-order valence-electron chi connectivity index (χ0n) is 17.8. The quantitative estimate of drug-likeness (QED) is 0.715. The van der Waals surface area contributed by atoms with Gasteiger partial charge < -0.3 is 24.7 Å². The van der Waals surface area contributed by atoms with Gasteiger partial charge in [0.2, 0.25) is 5.60 Å². The smallest absolute Gasteiger partial charge is 0.314 e. The third kappa shape index (κ3) is 2.97. The zero-order valence-corrected chi connectivity index (χ0v) is 17.8. The van der Waals surface area contributed by atoms with Crippen molar-refractivity contribution in [2.45, 2.75) is 63.6 Å². The second-order valence-electron chi connectivity index (χ2n) is 8.74. The topological polar surface area (TPSA) is 134 Å². The monoisotopic (exact) mass is 433 g/mol. The summed E-state index contributed by atoms with van der Waals surface area (Å²) in [6, 6.07) is 5.34. The van der Waals surface area contributed by atoms with Crippen LogP contribution < -0.4 is 5.73 Å². The summed E-state index contributed by atoms with van der Waals surface area (Å²) in [4.78, 5) is 16.3. The van der Waals surface area contributed by atoms with E-state index in [9.17, 15) is 10.1 Å². The lowest BCUT2D eigenvalue weighted by Gasteiger charge is -2.37. The van der Waals surface area contributed by atoms with Gasteiger partial charge in [0.25, 0.3) is 0 Å². The summed E-state index contributed by atoms with van der Waals surface area (Å²) in [6.07, 6.45) is -3.67. The molecule has 0 spiro atoms. The van der Waals surface area contributed by atoms with Gasteiger partial charge in [0.05, 0.1) is 18.2 Å². The molecule has 1 unspecified atom stereocenters. The lowest BCUT2D eigenvalue weighted by Crippen LogP contribution is -2.57. The minimum atomic E-state index is -2.14. The summed E-state index contributed by atoms with van der Waals surface area (Å²) in [5, 5.41) is 14.3. The molecule has 10 nitrogen and oxygen atoms in total. The second kappa shape index (κ2) is 6.85. The maximum absolute atomic E-state index is 16.0. The van der Waals surface area contributed by atoms with Crippen molar-refractivity contribution in [1.29, 1.82) is 5.26 Å². The molecule has 2 aromatic heterocycles. The molecule has 0 saturated carbocycles. The number of methoxy groups -OCH3 is 1. The number of carbonyl (C=O) groups is 1. The Hall–Kier alpha value is -2.81. The van der Waals surface area contributed by atoms with E-state index >= 15 is 4.39 Å². The summed E-state index contributed by atoms with van der Waals surface area (Å²) >= 11 is 0. The highest BCUT2D eigenvalue weighted by molar-refractivity contribution is 5.77. The lowest BCUT2D eigenvalue weighted by molar-refractivity contribution is -0.218. The fourth-order valence-corrected chi connectivity index (χ4v) is 4.36. The van der Waals surface area contributed by atoms with Crippen molar-refractivity contribution in [1.82, 2.24) is 14.6 Å². The van der Waals surface area contributed by atoms with E-state index in [0.29, 0.717) is 11.2 Å². The molecule has 4 rings (SSSR count). The molecule has 2 saturated heterocycles. The first-order chi connectivity index (χ1) is 14.5. The summed E-state index contributed by atoms with van der Waals surface area (Å²) in [5.41, 5.74) is 3.11. The Bertz CT molecular complexity index is 1080. The van der Waals surface area contributed by atoms with Crippen molar-refractivity contribution in [3.63, 3.8) is 0 Å². The first kappa shape index (κ1) is 21.4. The standard InChI is InChI=1S/C20H24FN5O5/c1-18(2,17(27)28-5)16(21)20(8-22)14-13(29-19(3,4)31-14)12(30-20)10-6-7-11-15(23)24-9-25-26(10)11/h6-7,9,12-14,16H,1-5H3,(H2,23,24,25)/t12-,13-,14-,16?,20+/m0/s1. The molecule has 2 aliphatic rings. The van der Waals surface area contributed by atoms with E-state index in [-0.39, 0.29) is 5.82 Å². The van der Waals surface area contributed by atoms with Gasteiger partial charge in [-0.3, -0.25) is 4.79 Å². The number of nitriles is 1. The minimum Gasteiger partial charge on any atom is -0.469 e. The zero-order chi connectivity index (χ0) is 22.8. The minimum absolute atomic E-state index is 0.251. The van der Waals surface area contributed by atoms with E-state index in [0.717, 1.165) is 7.11 Å². The number of rotatable bonds is 4. The van der Waals surface area contributed by atoms with Gasteiger partial charge in [-0.2, -0.15) is 10.4 Å². The maximum atomic E-state index is 16.0. The van der Waals surface area contributed by atoms with Gasteiger partial charge in [-0.1, -0.05) is 0 Å². The molecular weight excluding hydrogens is 409 g/mol. The van der Waals surface area contributed by atoms with Crippen LogP contribution in [0.5, 0.6) is 0 Å². The van der Waals surface area contributed by atoms with E-state index in [4.69, 9.17) is 24.7 Å². The highest BCUT2D eigenvalue weighted by atomic mass is 19.1. The Kier molecular flexibility index (Phi) is 4.73. The molecule has 166 valence electrons. The number of nitrogens with two attached hydrogens (primary N) is 1. The molecule has 2 fully saturated rings. The van der Waals surface area contributed by atoms with Crippen molar-refractivity contribution in [3.8, 4) is 6.07 Å². The Morgan fingerprint density at radius 2 is 2.10 bits per heavy atom. The number of hydrogen-bond donors (Lipinski definition) is 1. The molecule has 5 atom stereocenters. The van der Waals surface area contributed by atoms with Gasteiger partial charge in [-0.05, 0) is 39.8 Å². The average Bonchev–Trinajstić information content (AvgIpc) is 3.37. The number of halogens is 1. The number of ether oxygens (including phenoxy) is 4. The van der Waals surface area contributed by atoms with Crippen LogP contribution in [0, 0.1) is 16.7 Å². The third-order valence-electron chi connectivity index (χ3n) is 5.87. The van der Waals surface area contributed by atoms with E-state index in [1.165, 1.54) is 24.7 Å². The predicted molar refractivity (Wildman–Crippen MR) is 104 cm³/mol. The fourth-order valence-electron chi connectivity index (χ4n) is 4.36. The van der Waals surface area contributed by atoms with Gasteiger partial charge in [-0.15, -0.1) is 0 Å². The van der Waals surface area contributed by atoms with E-state index in [2.05, 4.69) is 10.1 Å². The summed E-state index contributed by atoms with van der Waals surface area (Å²) in [7, 11) is 1.16. The molecule has 4 heterocycles. The van der Waals surface area contributed by atoms with Crippen LogP contribution in [0.3, 0.4) is 0 Å². The normalized spacial score (nSPS) is 30.7. The number of carbonyl (C=O) groups excluding carboxylic acids is 1. The fraction of sp³-hybridized carbons (Fsp3) is 0.600. The van der Waals surface area contributed by atoms with E-state index in [1.807, 2.05) is 6.07 Å². The number of nitrogen functional groups attached to an aromatic ring is 1. The summed E-state index contributed by atoms with van der Waals surface area (Å²) < 4.78 is 40.3. The summed E-state index contributed by atoms with van der Waals surface area (Å²) in [5.74, 6) is -1.66. The van der Waals surface area contributed by atoms with Gasteiger partial charge in [0.15, 0.2) is 17.8 Å². The van der Waals surface area contributed by atoms with E-state index < -0.39 is 47.3 Å². The van der Waals surface area contributed by atoms with Crippen LogP contribution in [0.2, 0.25) is 0 Å². The van der Waals surface area contributed by atoms with E-state index in [1.54, 1.807) is 26.0 Å². The SMILES string of the molecule is COC(=O)C(C)(C)C(F)[C@]1(C#N)O[C@@H](c2ccc3c(N)ncnn23)[C@@H]2OC(C)(C)O[C@@H]21. The average molecular weight is 433 g/mol. The molecular formula is C20H24FN5O5. The van der Waals surface area contributed by atoms with Crippen molar-refractivity contribution >= 4 is 17.3 Å². The Morgan fingerprint density at radius 3 is 2.74 bits per heavy atom. The molecule has 31 heavy (non-hydrogen) atoms. The molecule has 2 N–H and O–H groups in total. The van der Waals surface area contributed by atoms with Crippen molar-refractivity contribution < 1.29 is 28.1 Å². The molecule has 0 aromatic carbocycles. The maximum Gasteiger partial charge on any atom is 0.314 e. The molecule has 0 aliphatic carbocycles. The van der Waals surface area contributed by atoms with Crippen LogP contribution in [-0.4, -0.2) is 57.4 Å². The van der Waals surface area contributed by atoms with Crippen LogP contribution in [0.15, 0.2) is 18.5 Å². The Balaban J connectivity index is 1.84. The number of alkyl halides is 1. The van der Waals surface area contributed by atoms with Crippen LogP contribution in [0.1, 0.15) is 39.5 Å². The first-order valence-electron chi connectivity index (χ1n) is 9.74. The first-order valence-corrected chi connectivity index (χ1v) is 9.74. The molecule has 2 aliphatic heterocycles. The molecule has 2 aromatic rings. The second-order valence-corrected chi connectivity index (χ2v) is 8.74. The molecule has 11 heteroatoms. The lowest BCUT2D eigenvalue weighted by atomic mass is 9.76. The number of fused-ring (bicyclic) bond motifs is 2. The van der Waals surface area contributed by atoms with Gasteiger partial charge in [0, 0.05) is 0 Å². The highest BCUT2D eigenvalue weighted by Gasteiger charge is 2.70. The van der Waals surface area contributed by atoms with Crippen LogP contribution in [0.4, 0.5) is 10.2 Å². The van der Waals surface area contributed by atoms with Gasteiger partial charge >= 0.3 is 5.97 Å². The number of aromatic nitrogens is 3. The highest BCUT2D eigenvalue weighted by Crippen LogP contribution is 2.54. The molecule has 0 amide bonds. The number of anilines is 1. The third-order valence-corrected chi connectivity index (χ3v) is 5.87. The van der Waals surface area contributed by atoms with Gasteiger partial charge in [-0.25, -0.2) is 13.9 Å². The number of esters is 1. The number of hydrogen-bond acceptors (Lipinski definition) is 9. The molecule has 0 radical (unpaired) electrons. The largest absolute Gasteiger partial charge is 0.469 e. The Morgan fingerprint density at radius 1 is 1.39 bits per heavy atom.